The van der Waals surface area contributed by atoms with Gasteiger partial charge in [-0.2, -0.15) is 0 Å². The van der Waals surface area contributed by atoms with Gasteiger partial charge in [0, 0.05) is 32.8 Å². The lowest BCUT2D eigenvalue weighted by Gasteiger charge is -2.14. The first kappa shape index (κ1) is 12.7. The van der Waals surface area contributed by atoms with Crippen molar-refractivity contribution in [2.24, 2.45) is 0 Å². The maximum atomic E-state index is 9.26. The van der Waals surface area contributed by atoms with Gasteiger partial charge in [0.05, 0.1) is 63.4 Å². The van der Waals surface area contributed by atoms with Crippen LogP contribution in [0.25, 0.3) is 88.4 Å². The highest BCUT2D eigenvalue weighted by atomic mass is 15.0. The van der Waals surface area contributed by atoms with Crippen molar-refractivity contribution in [1.82, 2.24) is 9.13 Å². The van der Waals surface area contributed by atoms with E-state index in [1.807, 2.05) is 0 Å². The Morgan fingerprint density at radius 2 is 0.800 bits per heavy atom. The molecule has 10 rings (SSSR count). The van der Waals surface area contributed by atoms with Crippen LogP contribution in [0.3, 0.4) is 0 Å². The highest BCUT2D eigenvalue weighted by Gasteiger charge is 2.17. The second-order valence-electron chi connectivity index (χ2n) is 11.0. The Hall–Kier alpha value is -6.64. The van der Waals surface area contributed by atoms with E-state index in [2.05, 4.69) is 0 Å². The average molecular weight is 663 g/mol. The summed E-state index contributed by atoms with van der Waals surface area (Å²) < 4.78 is 230. The predicted octanol–water partition coefficient (Wildman–Crippen LogP) is 12.9. The summed E-state index contributed by atoms with van der Waals surface area (Å²) in [5.74, 6) is 0. The van der Waals surface area contributed by atoms with E-state index in [4.69, 9.17) is 28.8 Å². The van der Waals surface area contributed by atoms with Crippen LogP contribution < -0.4 is 0 Å². The molecule has 234 valence electrons. The van der Waals surface area contributed by atoms with E-state index in [0.29, 0.717) is 11.1 Å². The standard InChI is InChI=1S/C48H32N2/c1-3-13-33(14-4-1)34-23-27-38(28-24-34)49-45-21-11-8-18-40(45)42-31-36(25-29-47(42)49)37-26-30-48-43(32-37)41-19-9-12-22-46(41)50(48)44-20-10-7-17-39(44)35-15-5-2-6-16-35/h1-32H/i1D,2D,3D,4D,5D,6D,7D,8D,9D,10D,11D,12D,13D,14D,15D,16D,17D,18D,19D,20D,21D,22D,23D,24D,27D,28D. The summed E-state index contributed by atoms with van der Waals surface area (Å²) in [6.45, 7) is 0. The Morgan fingerprint density at radius 1 is 0.320 bits per heavy atom. The van der Waals surface area contributed by atoms with Gasteiger partial charge >= 0.3 is 0 Å². The zero-order chi connectivity index (χ0) is 55.6. The van der Waals surface area contributed by atoms with Gasteiger partial charge in [0.2, 0.25) is 0 Å². The van der Waals surface area contributed by atoms with E-state index < -0.39 is 191 Å². The molecular weight excluding hydrogens is 605 g/mol. The monoisotopic (exact) mass is 662 g/mol. The quantitative estimate of drug-likeness (QED) is 0.174. The van der Waals surface area contributed by atoms with Crippen molar-refractivity contribution in [3.05, 3.63) is 194 Å². The Balaban J connectivity index is 1.29. The molecule has 50 heavy (non-hydrogen) atoms. The zero-order valence-corrected chi connectivity index (χ0v) is 25.4. The summed E-state index contributed by atoms with van der Waals surface area (Å²) >= 11 is 0. The fraction of sp³-hybridized carbons (Fsp3) is 0. The summed E-state index contributed by atoms with van der Waals surface area (Å²) in [5, 5.41) is -0.102. The molecule has 0 unspecified atom stereocenters. The van der Waals surface area contributed by atoms with Crippen molar-refractivity contribution in [1.29, 1.82) is 0 Å². The van der Waals surface area contributed by atoms with Gasteiger partial charge in [0.1, 0.15) is 0 Å². The normalized spacial score (nSPS) is 18.9. The summed E-state index contributed by atoms with van der Waals surface area (Å²) in [4.78, 5) is 0. The Labute approximate surface area is 327 Å². The van der Waals surface area contributed by atoms with Crippen LogP contribution in [0.1, 0.15) is 35.6 Å². The molecule has 0 radical (unpaired) electrons. The van der Waals surface area contributed by atoms with Crippen LogP contribution in [-0.2, 0) is 0 Å². The highest BCUT2D eigenvalue weighted by molar-refractivity contribution is 6.13. The third-order valence-corrected chi connectivity index (χ3v) is 8.36. The molecule has 2 heteroatoms. The Kier molecular flexibility index (Phi) is 2.92. The van der Waals surface area contributed by atoms with Crippen molar-refractivity contribution in [3.8, 4) is 44.8 Å². The zero-order valence-electron chi connectivity index (χ0n) is 51.4. The molecule has 0 aliphatic heterocycles. The van der Waals surface area contributed by atoms with Crippen molar-refractivity contribution in [2.75, 3.05) is 0 Å². The summed E-state index contributed by atoms with van der Waals surface area (Å²) in [6.07, 6.45) is 0. The minimum absolute atomic E-state index is 0.0200. The molecule has 0 saturated heterocycles. The van der Waals surface area contributed by atoms with Crippen molar-refractivity contribution in [2.45, 2.75) is 0 Å². The summed E-state index contributed by atoms with van der Waals surface area (Å²) in [7, 11) is 0. The molecule has 2 nitrogen and oxygen atoms in total. The van der Waals surface area contributed by atoms with Crippen LogP contribution in [0.15, 0.2) is 194 Å². The van der Waals surface area contributed by atoms with E-state index in [1.165, 1.54) is 36.4 Å². The SMILES string of the molecule is [2H]c1c([2H])c([2H])c(-c2c([2H])c([2H])c(-n3c4ccc(-c5ccc6c(c5)c5c([2H])c([2H])c([2H])c([2H])c5n6-c5c([2H])c([2H])c([2H])c([2H])c5-c5c([2H])c([2H])c([2H])c([2H])c5[2H])cc4c4c([2H])c([2H])c([2H])c([2H])c43)c([2H])c2[2H])c([2H])c1[2H]. The van der Waals surface area contributed by atoms with Gasteiger partial charge in [-0.25, -0.2) is 0 Å². The third-order valence-electron chi connectivity index (χ3n) is 8.36. The van der Waals surface area contributed by atoms with Gasteiger partial charge in [0.25, 0.3) is 0 Å². The molecule has 0 amide bonds. The highest BCUT2D eigenvalue weighted by Crippen LogP contribution is 2.40. The molecule has 0 bridgehead atoms. The smallest absolute Gasteiger partial charge is 0.0645 e. The Morgan fingerprint density at radius 3 is 1.44 bits per heavy atom. The number of hydrogen-bond donors (Lipinski definition) is 0. The number of fused-ring (bicyclic) bond motifs is 6. The van der Waals surface area contributed by atoms with E-state index in [1.54, 1.807) is 0 Å². The number of nitrogens with zero attached hydrogens (tertiary/aromatic N) is 2. The first-order valence-corrected chi connectivity index (χ1v) is 15.1. The molecule has 0 spiro atoms. The van der Waals surface area contributed by atoms with Crippen LogP contribution >= 0.6 is 0 Å². The van der Waals surface area contributed by atoms with Crippen molar-refractivity contribution >= 4 is 43.6 Å². The topological polar surface area (TPSA) is 9.86 Å². The number of para-hydroxylation sites is 3. The van der Waals surface area contributed by atoms with Gasteiger partial charge in [-0.05, 0) is 82.3 Å². The molecule has 2 heterocycles. The Bertz CT molecular complexity index is 4280. The maximum absolute atomic E-state index is 9.26. The van der Waals surface area contributed by atoms with Crippen LogP contribution in [0, 0.1) is 0 Å². The fourth-order valence-electron chi connectivity index (χ4n) is 6.21. The lowest BCUT2D eigenvalue weighted by atomic mass is 10.0. The molecule has 2 aromatic heterocycles. The molecule has 0 fully saturated rings. The molecule has 8 aromatic carbocycles. The summed E-state index contributed by atoms with van der Waals surface area (Å²) in [5.41, 5.74) is -3.28. The van der Waals surface area contributed by atoms with Gasteiger partial charge in [-0.3, -0.25) is 0 Å². The minimum atomic E-state index is -0.828. The number of hydrogen-bond acceptors (Lipinski definition) is 0. The lowest BCUT2D eigenvalue weighted by Crippen LogP contribution is -1.97. The first-order chi connectivity index (χ1) is 35.6. The van der Waals surface area contributed by atoms with E-state index in [9.17, 15) is 6.85 Å². The number of benzene rings is 8. The largest absolute Gasteiger partial charge is 0.309 e. The first-order valence-electron chi connectivity index (χ1n) is 28.1. The molecular formula is C48H32N2. The van der Waals surface area contributed by atoms with E-state index in [-0.39, 0.29) is 43.6 Å². The number of rotatable bonds is 5. The van der Waals surface area contributed by atoms with Gasteiger partial charge in [0.15, 0.2) is 0 Å². The van der Waals surface area contributed by atoms with Crippen molar-refractivity contribution < 1.29 is 35.6 Å². The fourth-order valence-corrected chi connectivity index (χ4v) is 6.21. The van der Waals surface area contributed by atoms with Crippen LogP contribution in [0.4, 0.5) is 0 Å². The van der Waals surface area contributed by atoms with Gasteiger partial charge < -0.3 is 9.13 Å². The minimum Gasteiger partial charge on any atom is -0.309 e. The van der Waals surface area contributed by atoms with Gasteiger partial charge in [-0.1, -0.05) is 139 Å². The molecule has 10 aromatic rings. The predicted molar refractivity (Wildman–Crippen MR) is 211 cm³/mol. The van der Waals surface area contributed by atoms with E-state index in [0.717, 1.165) is 9.13 Å². The van der Waals surface area contributed by atoms with Crippen LogP contribution in [0.5, 0.6) is 0 Å². The molecule has 0 saturated carbocycles. The van der Waals surface area contributed by atoms with Crippen LogP contribution in [0.2, 0.25) is 0 Å². The molecule has 0 N–H and O–H groups in total. The van der Waals surface area contributed by atoms with Crippen LogP contribution in [-0.4, -0.2) is 9.13 Å². The third kappa shape index (κ3) is 4.50. The second kappa shape index (κ2) is 11.5. The maximum Gasteiger partial charge on any atom is 0.0645 e. The average Bonchev–Trinajstić information content (AvgIpc) is 4.03. The molecule has 0 aliphatic rings. The lowest BCUT2D eigenvalue weighted by molar-refractivity contribution is 1.18. The van der Waals surface area contributed by atoms with E-state index >= 15 is 0 Å². The second-order valence-corrected chi connectivity index (χ2v) is 11.0. The molecule has 0 atom stereocenters. The number of aromatic nitrogens is 2. The summed E-state index contributed by atoms with van der Waals surface area (Å²) in [6, 6.07) is -10.7. The molecule has 0 aliphatic carbocycles. The van der Waals surface area contributed by atoms with Gasteiger partial charge in [-0.15, -0.1) is 0 Å². The van der Waals surface area contributed by atoms with Crippen molar-refractivity contribution in [3.63, 3.8) is 0 Å².